The summed E-state index contributed by atoms with van der Waals surface area (Å²) in [6.07, 6.45) is 2.26. The Labute approximate surface area is 108 Å². The van der Waals surface area contributed by atoms with Crippen LogP contribution in [-0.4, -0.2) is 32.6 Å². The average molecular weight is 247 g/mol. The third-order valence-electron chi connectivity index (χ3n) is 3.52. The Kier molecular flexibility index (Phi) is 3.87. The average Bonchev–Trinajstić information content (AvgIpc) is 2.38. The summed E-state index contributed by atoms with van der Waals surface area (Å²) in [7, 11) is 3.89. The lowest BCUT2D eigenvalue weighted by atomic mass is 10.0. The van der Waals surface area contributed by atoms with Gasteiger partial charge in [-0.1, -0.05) is 0 Å². The zero-order valence-corrected chi connectivity index (χ0v) is 11.3. The standard InChI is InChI=1S/C14H21N3O/c1-10(15-2)14(18)16-12-6-7-13-11(9-12)5-4-8-17(13)3/h6-7,9-10,15H,4-5,8H2,1-3H3,(H,16,18). The summed E-state index contributed by atoms with van der Waals surface area (Å²) in [5, 5.41) is 5.87. The molecule has 18 heavy (non-hydrogen) atoms. The molecule has 0 bridgehead atoms. The largest absolute Gasteiger partial charge is 0.374 e. The monoisotopic (exact) mass is 247 g/mol. The second-order valence-electron chi connectivity index (χ2n) is 4.87. The lowest BCUT2D eigenvalue weighted by molar-refractivity contribution is -0.117. The molecule has 0 saturated heterocycles. The minimum atomic E-state index is -0.177. The Morgan fingerprint density at radius 2 is 2.22 bits per heavy atom. The Morgan fingerprint density at radius 1 is 1.44 bits per heavy atom. The van der Waals surface area contributed by atoms with E-state index in [9.17, 15) is 4.79 Å². The van der Waals surface area contributed by atoms with Gasteiger partial charge in [-0.05, 0) is 50.6 Å². The first-order chi connectivity index (χ1) is 8.61. The molecule has 1 aliphatic rings. The minimum Gasteiger partial charge on any atom is -0.374 e. The van der Waals surface area contributed by atoms with E-state index in [2.05, 4.69) is 34.7 Å². The Morgan fingerprint density at radius 3 is 2.94 bits per heavy atom. The fourth-order valence-electron chi connectivity index (χ4n) is 2.24. The lowest BCUT2D eigenvalue weighted by Gasteiger charge is -2.28. The van der Waals surface area contributed by atoms with E-state index >= 15 is 0 Å². The number of rotatable bonds is 3. The third kappa shape index (κ3) is 2.64. The highest BCUT2D eigenvalue weighted by molar-refractivity contribution is 5.94. The van der Waals surface area contributed by atoms with E-state index in [1.807, 2.05) is 13.0 Å². The van der Waals surface area contributed by atoms with Gasteiger partial charge in [-0.3, -0.25) is 4.79 Å². The van der Waals surface area contributed by atoms with Crippen molar-refractivity contribution in [1.29, 1.82) is 0 Å². The van der Waals surface area contributed by atoms with Crippen LogP contribution in [0.4, 0.5) is 11.4 Å². The fourth-order valence-corrected chi connectivity index (χ4v) is 2.24. The van der Waals surface area contributed by atoms with Crippen molar-refractivity contribution in [2.75, 3.05) is 30.9 Å². The zero-order valence-electron chi connectivity index (χ0n) is 11.3. The molecular weight excluding hydrogens is 226 g/mol. The smallest absolute Gasteiger partial charge is 0.241 e. The van der Waals surface area contributed by atoms with Crippen molar-refractivity contribution in [3.63, 3.8) is 0 Å². The first-order valence-corrected chi connectivity index (χ1v) is 6.44. The van der Waals surface area contributed by atoms with Crippen LogP contribution in [0.25, 0.3) is 0 Å². The number of amides is 1. The number of carbonyl (C=O) groups is 1. The number of hydrogen-bond donors (Lipinski definition) is 2. The summed E-state index contributed by atoms with van der Waals surface area (Å²) in [6, 6.07) is 5.98. The van der Waals surface area contributed by atoms with E-state index in [0.717, 1.165) is 18.7 Å². The number of hydrogen-bond acceptors (Lipinski definition) is 3. The van der Waals surface area contributed by atoms with Crippen molar-refractivity contribution in [3.8, 4) is 0 Å². The first-order valence-electron chi connectivity index (χ1n) is 6.44. The minimum absolute atomic E-state index is 0.00149. The maximum Gasteiger partial charge on any atom is 0.241 e. The summed E-state index contributed by atoms with van der Waals surface area (Å²) in [4.78, 5) is 14.1. The molecule has 1 aromatic rings. The molecule has 1 aliphatic heterocycles. The molecule has 0 aliphatic carbocycles. The molecule has 1 amide bonds. The fraction of sp³-hybridized carbons (Fsp3) is 0.500. The number of likely N-dealkylation sites (N-methyl/N-ethyl adjacent to an activating group) is 1. The SMILES string of the molecule is CNC(C)C(=O)Nc1ccc2c(c1)CCCN2C. The van der Waals surface area contributed by atoms with Crippen LogP contribution in [0.3, 0.4) is 0 Å². The maximum atomic E-state index is 11.8. The predicted molar refractivity (Wildman–Crippen MR) is 75.2 cm³/mol. The molecule has 1 aromatic carbocycles. The summed E-state index contributed by atoms with van der Waals surface area (Å²) < 4.78 is 0. The first kappa shape index (κ1) is 12.9. The van der Waals surface area contributed by atoms with Gasteiger partial charge in [-0.25, -0.2) is 0 Å². The van der Waals surface area contributed by atoms with Crippen LogP contribution in [0.5, 0.6) is 0 Å². The van der Waals surface area contributed by atoms with E-state index in [1.54, 1.807) is 7.05 Å². The van der Waals surface area contributed by atoms with E-state index in [1.165, 1.54) is 17.7 Å². The number of anilines is 2. The van der Waals surface area contributed by atoms with Crippen molar-refractivity contribution in [2.45, 2.75) is 25.8 Å². The van der Waals surface area contributed by atoms with Crippen molar-refractivity contribution in [2.24, 2.45) is 0 Å². The van der Waals surface area contributed by atoms with Crippen molar-refractivity contribution >= 4 is 17.3 Å². The number of nitrogens with one attached hydrogen (secondary N) is 2. The summed E-state index contributed by atoms with van der Waals surface area (Å²) >= 11 is 0. The van der Waals surface area contributed by atoms with Crippen LogP contribution < -0.4 is 15.5 Å². The molecule has 1 heterocycles. The van der Waals surface area contributed by atoms with Crippen LogP contribution in [-0.2, 0) is 11.2 Å². The Balaban J connectivity index is 2.14. The second-order valence-corrected chi connectivity index (χ2v) is 4.87. The van der Waals surface area contributed by atoms with Crippen LogP contribution in [0.1, 0.15) is 18.9 Å². The van der Waals surface area contributed by atoms with Gasteiger partial charge < -0.3 is 15.5 Å². The molecule has 0 spiro atoms. The van der Waals surface area contributed by atoms with E-state index in [-0.39, 0.29) is 11.9 Å². The molecule has 2 N–H and O–H groups in total. The van der Waals surface area contributed by atoms with Gasteiger partial charge in [0.15, 0.2) is 0 Å². The second kappa shape index (κ2) is 5.40. The number of benzene rings is 1. The van der Waals surface area contributed by atoms with Gasteiger partial charge in [-0.15, -0.1) is 0 Å². The topological polar surface area (TPSA) is 44.4 Å². The van der Waals surface area contributed by atoms with E-state index in [4.69, 9.17) is 0 Å². The molecule has 0 saturated carbocycles. The number of carbonyl (C=O) groups excluding carboxylic acids is 1. The van der Waals surface area contributed by atoms with Crippen molar-refractivity contribution < 1.29 is 4.79 Å². The Bertz CT molecular complexity index is 445. The van der Waals surface area contributed by atoms with Gasteiger partial charge >= 0.3 is 0 Å². The van der Waals surface area contributed by atoms with Gasteiger partial charge in [-0.2, -0.15) is 0 Å². The molecule has 0 radical (unpaired) electrons. The van der Waals surface area contributed by atoms with Gasteiger partial charge in [0, 0.05) is 25.0 Å². The molecule has 4 nitrogen and oxygen atoms in total. The summed E-state index contributed by atoms with van der Waals surface area (Å²) in [5.41, 5.74) is 3.48. The van der Waals surface area contributed by atoms with Crippen LogP contribution in [0.2, 0.25) is 0 Å². The summed E-state index contributed by atoms with van der Waals surface area (Å²) in [6.45, 7) is 2.96. The third-order valence-corrected chi connectivity index (χ3v) is 3.52. The molecule has 0 aromatic heterocycles. The van der Waals surface area contributed by atoms with Crippen molar-refractivity contribution in [1.82, 2.24) is 5.32 Å². The number of nitrogens with zero attached hydrogens (tertiary/aromatic N) is 1. The lowest BCUT2D eigenvalue weighted by Crippen LogP contribution is -2.35. The highest BCUT2D eigenvalue weighted by Crippen LogP contribution is 2.28. The Hall–Kier alpha value is -1.55. The van der Waals surface area contributed by atoms with Gasteiger partial charge in [0.2, 0.25) is 5.91 Å². The summed E-state index contributed by atoms with van der Waals surface area (Å²) in [5.74, 6) is 0.00149. The van der Waals surface area contributed by atoms with E-state index in [0.29, 0.717) is 0 Å². The van der Waals surface area contributed by atoms with Gasteiger partial charge in [0.25, 0.3) is 0 Å². The van der Waals surface area contributed by atoms with Crippen LogP contribution in [0.15, 0.2) is 18.2 Å². The number of fused-ring (bicyclic) bond motifs is 1. The maximum absolute atomic E-state index is 11.8. The van der Waals surface area contributed by atoms with Crippen LogP contribution in [0, 0.1) is 0 Å². The molecule has 1 unspecified atom stereocenters. The predicted octanol–water partition coefficient (Wildman–Crippen LogP) is 1.62. The van der Waals surface area contributed by atoms with Crippen molar-refractivity contribution in [3.05, 3.63) is 23.8 Å². The number of aryl methyl sites for hydroxylation is 1. The highest BCUT2D eigenvalue weighted by atomic mass is 16.2. The molecule has 98 valence electrons. The quantitative estimate of drug-likeness (QED) is 0.853. The van der Waals surface area contributed by atoms with Gasteiger partial charge in [0.1, 0.15) is 0 Å². The molecule has 1 atom stereocenters. The van der Waals surface area contributed by atoms with Crippen LogP contribution >= 0.6 is 0 Å². The molecule has 0 fully saturated rings. The normalized spacial score (nSPS) is 16.1. The molecule has 2 rings (SSSR count). The van der Waals surface area contributed by atoms with Gasteiger partial charge in [0.05, 0.1) is 6.04 Å². The highest BCUT2D eigenvalue weighted by Gasteiger charge is 2.15. The molecule has 4 heteroatoms. The molecular formula is C14H21N3O. The van der Waals surface area contributed by atoms with E-state index < -0.39 is 0 Å². The zero-order chi connectivity index (χ0) is 13.1.